The smallest absolute Gasteiger partial charge is 0.332 e. The van der Waals surface area contributed by atoms with Crippen LogP contribution in [0, 0.1) is 13.8 Å². The number of nitrogens with zero attached hydrogens (tertiary/aromatic N) is 2. The number of hydrogen-bond acceptors (Lipinski definition) is 5. The molecule has 0 saturated carbocycles. The molecule has 0 aliphatic heterocycles. The third-order valence-electron chi connectivity index (χ3n) is 5.27. The quantitative estimate of drug-likeness (QED) is 0.343. The number of ketones is 1. The molecule has 0 aromatic heterocycles. The van der Waals surface area contributed by atoms with E-state index in [1.807, 2.05) is 26.8 Å². The number of Topliss-reactive ketones (excluding diaryl/α,β-unsaturated/α-hetero) is 1. The van der Waals surface area contributed by atoms with Gasteiger partial charge in [0.2, 0.25) is 0 Å². The van der Waals surface area contributed by atoms with Crippen molar-refractivity contribution in [2.75, 3.05) is 13.7 Å². The van der Waals surface area contributed by atoms with E-state index < -0.39 is 11.6 Å². The maximum Gasteiger partial charge on any atom is 0.332 e. The summed E-state index contributed by atoms with van der Waals surface area (Å²) in [4.78, 5) is 39.5. The summed E-state index contributed by atoms with van der Waals surface area (Å²) in [6.07, 6.45) is 1.99. The van der Waals surface area contributed by atoms with Crippen LogP contribution in [0.5, 0.6) is 5.75 Å². The molecule has 0 unspecified atom stereocenters. The van der Waals surface area contributed by atoms with E-state index in [1.54, 1.807) is 51.3 Å². The molecule has 33 heavy (non-hydrogen) atoms. The number of carbonyl (C=O) groups is 3. The van der Waals surface area contributed by atoms with Crippen LogP contribution in [0.2, 0.25) is 0 Å². The van der Waals surface area contributed by atoms with E-state index in [-0.39, 0.29) is 18.2 Å². The van der Waals surface area contributed by atoms with Crippen molar-refractivity contribution in [3.05, 3.63) is 64.2 Å². The highest BCUT2D eigenvalue weighted by Crippen LogP contribution is 2.25. The number of aryl methyl sites for hydroxylation is 2. The van der Waals surface area contributed by atoms with Crippen molar-refractivity contribution >= 4 is 23.9 Å². The van der Waals surface area contributed by atoms with E-state index in [0.29, 0.717) is 23.3 Å². The summed E-state index contributed by atoms with van der Waals surface area (Å²) in [7, 11) is 1.56. The van der Waals surface area contributed by atoms with E-state index in [1.165, 1.54) is 11.1 Å². The van der Waals surface area contributed by atoms with Gasteiger partial charge in [0, 0.05) is 16.7 Å². The summed E-state index contributed by atoms with van der Waals surface area (Å²) < 4.78 is 5.41. The highest BCUT2D eigenvalue weighted by atomic mass is 16.5. The minimum Gasteiger partial charge on any atom is -0.496 e. The largest absolute Gasteiger partial charge is 0.496 e. The van der Waals surface area contributed by atoms with Gasteiger partial charge in [0.25, 0.3) is 5.91 Å². The Kier molecular flexibility index (Phi) is 8.34. The average molecular weight is 453 g/mol. The number of nitrogens with two attached hydrogens (primary N) is 1. The zero-order chi connectivity index (χ0) is 24.8. The fourth-order valence-corrected chi connectivity index (χ4v) is 3.73. The Hall–Kier alpha value is -3.68. The molecule has 2 aromatic carbocycles. The van der Waals surface area contributed by atoms with Gasteiger partial charge in [-0.3, -0.25) is 9.59 Å². The predicted octanol–water partition coefficient (Wildman–Crippen LogP) is 3.63. The van der Waals surface area contributed by atoms with Gasteiger partial charge in [0.1, 0.15) is 5.75 Å². The Bertz CT molecular complexity index is 1060. The number of hydrazone groups is 1. The molecule has 0 spiro atoms. The van der Waals surface area contributed by atoms with Gasteiger partial charge < -0.3 is 15.4 Å². The van der Waals surface area contributed by atoms with Gasteiger partial charge in [-0.1, -0.05) is 36.2 Å². The van der Waals surface area contributed by atoms with Gasteiger partial charge >= 0.3 is 6.03 Å². The molecule has 8 nitrogen and oxygen atoms in total. The second-order valence-corrected chi connectivity index (χ2v) is 8.42. The number of primary amides is 1. The van der Waals surface area contributed by atoms with Gasteiger partial charge in [-0.25, -0.2) is 10.2 Å². The van der Waals surface area contributed by atoms with Crippen LogP contribution in [0.3, 0.4) is 0 Å². The molecular weight excluding hydrogens is 420 g/mol. The minimum atomic E-state index is -1.02. The zero-order valence-corrected chi connectivity index (χ0v) is 20.1. The Morgan fingerprint density at radius 3 is 2.33 bits per heavy atom. The second-order valence-electron chi connectivity index (χ2n) is 8.42. The molecular formula is C25H32N4O4. The number of hydrogen-bond donors (Lipinski definition) is 2. The molecule has 0 aliphatic carbocycles. The standard InChI is InChI=1S/C25H32N4O4/c1-7-19-20(9-8-10-22(19)33-6)21(30)14-29(25(4,5)15-27-28-24(26)32)23(31)18-12-16(2)11-17(3)13-18/h8-13,15H,7,14H2,1-6H3,(H3,26,28,32)/b27-15+. The van der Waals surface area contributed by atoms with E-state index in [0.717, 1.165) is 16.7 Å². The van der Waals surface area contributed by atoms with Crippen molar-refractivity contribution in [3.8, 4) is 5.75 Å². The summed E-state index contributed by atoms with van der Waals surface area (Å²) in [6.45, 7) is 9.04. The van der Waals surface area contributed by atoms with Crippen molar-refractivity contribution < 1.29 is 19.1 Å². The van der Waals surface area contributed by atoms with Crippen LogP contribution >= 0.6 is 0 Å². The number of amides is 3. The zero-order valence-electron chi connectivity index (χ0n) is 20.1. The first-order chi connectivity index (χ1) is 15.5. The lowest BCUT2D eigenvalue weighted by Crippen LogP contribution is -2.51. The van der Waals surface area contributed by atoms with Crippen molar-refractivity contribution in [1.29, 1.82) is 0 Å². The number of carbonyl (C=O) groups excluding carboxylic acids is 3. The van der Waals surface area contributed by atoms with E-state index >= 15 is 0 Å². The number of nitrogens with one attached hydrogen (secondary N) is 1. The van der Waals surface area contributed by atoms with E-state index in [4.69, 9.17) is 10.5 Å². The molecule has 3 amide bonds. The molecule has 0 atom stereocenters. The lowest BCUT2D eigenvalue weighted by Gasteiger charge is -2.35. The first-order valence-corrected chi connectivity index (χ1v) is 10.7. The van der Waals surface area contributed by atoms with Crippen LogP contribution < -0.4 is 15.9 Å². The van der Waals surface area contributed by atoms with Crippen molar-refractivity contribution in [1.82, 2.24) is 10.3 Å². The maximum atomic E-state index is 13.6. The fraction of sp³-hybridized carbons (Fsp3) is 0.360. The number of ether oxygens (including phenoxy) is 1. The van der Waals surface area contributed by atoms with E-state index in [9.17, 15) is 14.4 Å². The van der Waals surface area contributed by atoms with Gasteiger partial charge in [0.15, 0.2) is 5.78 Å². The molecule has 0 heterocycles. The minimum absolute atomic E-state index is 0.193. The van der Waals surface area contributed by atoms with Crippen LogP contribution in [0.25, 0.3) is 0 Å². The number of benzene rings is 2. The topological polar surface area (TPSA) is 114 Å². The van der Waals surface area contributed by atoms with Gasteiger partial charge in [-0.05, 0) is 52.3 Å². The number of urea groups is 1. The van der Waals surface area contributed by atoms with Gasteiger partial charge in [-0.2, -0.15) is 5.10 Å². The summed E-state index contributed by atoms with van der Waals surface area (Å²) in [5.74, 6) is 0.0708. The van der Waals surface area contributed by atoms with Crippen LogP contribution in [-0.4, -0.2) is 48.0 Å². The van der Waals surface area contributed by atoms with Crippen LogP contribution in [0.15, 0.2) is 41.5 Å². The van der Waals surface area contributed by atoms with Crippen molar-refractivity contribution in [3.63, 3.8) is 0 Å². The molecule has 176 valence electrons. The third-order valence-corrected chi connectivity index (χ3v) is 5.27. The highest BCUT2D eigenvalue weighted by molar-refractivity contribution is 6.04. The lowest BCUT2D eigenvalue weighted by atomic mass is 9.96. The molecule has 0 bridgehead atoms. The second kappa shape index (κ2) is 10.8. The fourth-order valence-electron chi connectivity index (χ4n) is 3.73. The molecule has 2 rings (SSSR count). The van der Waals surface area contributed by atoms with Crippen LogP contribution in [-0.2, 0) is 6.42 Å². The monoisotopic (exact) mass is 452 g/mol. The Morgan fingerprint density at radius 1 is 1.15 bits per heavy atom. The maximum absolute atomic E-state index is 13.6. The Labute approximate surface area is 194 Å². The first kappa shape index (κ1) is 25.6. The summed E-state index contributed by atoms with van der Waals surface area (Å²) in [6, 6.07) is 10.0. The van der Waals surface area contributed by atoms with Crippen LogP contribution in [0.4, 0.5) is 4.79 Å². The van der Waals surface area contributed by atoms with Crippen molar-refractivity contribution in [2.24, 2.45) is 10.8 Å². The molecule has 0 aliphatic rings. The number of rotatable bonds is 9. The summed E-state index contributed by atoms with van der Waals surface area (Å²) >= 11 is 0. The first-order valence-electron chi connectivity index (χ1n) is 10.7. The average Bonchev–Trinajstić information content (AvgIpc) is 2.74. The van der Waals surface area contributed by atoms with Gasteiger partial charge in [0.05, 0.1) is 25.4 Å². The lowest BCUT2D eigenvalue weighted by molar-refractivity contribution is 0.0614. The summed E-state index contributed by atoms with van der Waals surface area (Å²) in [5, 5.41) is 3.84. The number of methoxy groups -OCH3 is 1. The molecule has 2 aromatic rings. The predicted molar refractivity (Wildman–Crippen MR) is 129 cm³/mol. The molecule has 3 N–H and O–H groups in total. The highest BCUT2D eigenvalue weighted by Gasteiger charge is 2.33. The summed E-state index contributed by atoms with van der Waals surface area (Å²) in [5.41, 5.74) is 9.83. The molecule has 8 heteroatoms. The normalized spacial score (nSPS) is 11.3. The third kappa shape index (κ3) is 6.41. The Balaban J connectivity index is 2.51. The molecule has 0 radical (unpaired) electrons. The Morgan fingerprint density at radius 2 is 1.79 bits per heavy atom. The molecule has 0 fully saturated rings. The molecule has 0 saturated heterocycles. The SMILES string of the molecule is CCc1c(OC)cccc1C(=O)CN(C(=O)c1cc(C)cc(C)c1)C(C)(C)/C=N/NC(N)=O. The van der Waals surface area contributed by atoms with Gasteiger partial charge in [-0.15, -0.1) is 0 Å². The van der Waals surface area contributed by atoms with Crippen LogP contribution in [0.1, 0.15) is 58.2 Å². The van der Waals surface area contributed by atoms with E-state index in [2.05, 4.69) is 10.5 Å². The van der Waals surface area contributed by atoms with Crippen molar-refractivity contribution in [2.45, 2.75) is 46.6 Å².